The van der Waals surface area contributed by atoms with Gasteiger partial charge >= 0.3 is 0 Å². The van der Waals surface area contributed by atoms with Crippen LogP contribution in [-0.2, 0) is 6.42 Å². The summed E-state index contributed by atoms with van der Waals surface area (Å²) in [7, 11) is 0. The molecular formula is C12H8ClFN2. The molecule has 0 aliphatic carbocycles. The second-order valence-corrected chi connectivity index (χ2v) is 3.83. The maximum absolute atomic E-state index is 13.1. The number of rotatable bonds is 2. The molecule has 0 N–H and O–H groups in total. The maximum atomic E-state index is 13.1. The first kappa shape index (κ1) is 10.8. The molecule has 2 rings (SSSR count). The third kappa shape index (κ3) is 2.12. The Kier molecular flexibility index (Phi) is 3.02. The molecule has 0 unspecified atom stereocenters. The molecule has 0 atom stereocenters. The SMILES string of the molecule is N#CCCc1ccc2cc(F)c(Cl)cc2n1. The van der Waals surface area contributed by atoms with E-state index in [0.29, 0.717) is 23.7 Å². The van der Waals surface area contributed by atoms with Gasteiger partial charge in [-0.3, -0.25) is 4.98 Å². The zero-order valence-corrected chi connectivity index (χ0v) is 9.13. The minimum absolute atomic E-state index is 0.0671. The molecule has 16 heavy (non-hydrogen) atoms. The molecule has 1 aromatic heterocycles. The molecule has 4 heteroatoms. The number of aryl methyl sites for hydroxylation is 1. The Morgan fingerprint density at radius 3 is 2.94 bits per heavy atom. The molecule has 0 radical (unpaired) electrons. The normalized spacial score (nSPS) is 10.3. The number of hydrogen-bond donors (Lipinski definition) is 0. The number of hydrogen-bond acceptors (Lipinski definition) is 2. The first-order valence-corrected chi connectivity index (χ1v) is 5.20. The summed E-state index contributed by atoms with van der Waals surface area (Å²) in [6, 6.07) is 8.51. The molecule has 0 bridgehead atoms. The quantitative estimate of drug-likeness (QED) is 0.798. The first-order valence-electron chi connectivity index (χ1n) is 4.82. The van der Waals surface area contributed by atoms with Crippen LogP contribution in [0.25, 0.3) is 10.9 Å². The third-order valence-corrected chi connectivity index (χ3v) is 2.57. The predicted molar refractivity (Wildman–Crippen MR) is 60.6 cm³/mol. The van der Waals surface area contributed by atoms with E-state index in [9.17, 15) is 4.39 Å². The molecule has 1 aromatic carbocycles. The van der Waals surface area contributed by atoms with Crippen molar-refractivity contribution >= 4 is 22.5 Å². The number of nitrogens with zero attached hydrogens (tertiary/aromatic N) is 2. The van der Waals surface area contributed by atoms with Crippen LogP contribution in [0, 0.1) is 17.1 Å². The highest BCUT2D eigenvalue weighted by Gasteiger charge is 2.04. The monoisotopic (exact) mass is 234 g/mol. The number of pyridine rings is 1. The van der Waals surface area contributed by atoms with Gasteiger partial charge < -0.3 is 0 Å². The van der Waals surface area contributed by atoms with Crippen molar-refractivity contribution in [3.63, 3.8) is 0 Å². The third-order valence-electron chi connectivity index (χ3n) is 2.28. The Labute approximate surface area is 97.3 Å². The van der Waals surface area contributed by atoms with Gasteiger partial charge in [-0.15, -0.1) is 0 Å². The highest BCUT2D eigenvalue weighted by Crippen LogP contribution is 2.22. The molecule has 1 heterocycles. The Morgan fingerprint density at radius 1 is 1.38 bits per heavy atom. The van der Waals surface area contributed by atoms with Crippen LogP contribution in [-0.4, -0.2) is 4.98 Å². The van der Waals surface area contributed by atoms with Crippen LogP contribution in [0.2, 0.25) is 5.02 Å². The van der Waals surface area contributed by atoms with Crippen LogP contribution in [0.5, 0.6) is 0 Å². The summed E-state index contributed by atoms with van der Waals surface area (Å²) in [5.41, 5.74) is 1.47. The summed E-state index contributed by atoms with van der Waals surface area (Å²) in [6.07, 6.45) is 1.02. The van der Waals surface area contributed by atoms with Crippen LogP contribution < -0.4 is 0 Å². The molecule has 0 spiro atoms. The average Bonchev–Trinajstić information content (AvgIpc) is 2.28. The Balaban J connectivity index is 2.46. The number of benzene rings is 1. The summed E-state index contributed by atoms with van der Waals surface area (Å²) in [6.45, 7) is 0. The lowest BCUT2D eigenvalue weighted by atomic mass is 10.1. The van der Waals surface area contributed by atoms with Crippen LogP contribution in [0.1, 0.15) is 12.1 Å². The van der Waals surface area contributed by atoms with E-state index in [2.05, 4.69) is 11.1 Å². The van der Waals surface area contributed by atoms with Gasteiger partial charge in [0, 0.05) is 23.9 Å². The number of aromatic nitrogens is 1. The maximum Gasteiger partial charge on any atom is 0.142 e. The fraction of sp³-hybridized carbons (Fsp3) is 0.167. The lowest BCUT2D eigenvalue weighted by Gasteiger charge is -2.02. The lowest BCUT2D eigenvalue weighted by molar-refractivity contribution is 0.630. The summed E-state index contributed by atoms with van der Waals surface area (Å²) in [5.74, 6) is -0.444. The van der Waals surface area contributed by atoms with Gasteiger partial charge in [-0.1, -0.05) is 17.7 Å². The van der Waals surface area contributed by atoms with Gasteiger partial charge in [0.2, 0.25) is 0 Å². The predicted octanol–water partition coefficient (Wildman–Crippen LogP) is 3.48. The van der Waals surface area contributed by atoms with Gasteiger partial charge in [0.15, 0.2) is 0 Å². The minimum atomic E-state index is -0.444. The zero-order chi connectivity index (χ0) is 11.5. The van der Waals surface area contributed by atoms with Crippen LogP contribution >= 0.6 is 11.6 Å². The van der Waals surface area contributed by atoms with E-state index >= 15 is 0 Å². The first-order chi connectivity index (χ1) is 7.70. The summed E-state index contributed by atoms with van der Waals surface area (Å²) < 4.78 is 13.1. The van der Waals surface area contributed by atoms with Gasteiger partial charge in [-0.25, -0.2) is 4.39 Å². The van der Waals surface area contributed by atoms with Crippen molar-refractivity contribution in [3.8, 4) is 6.07 Å². The van der Waals surface area contributed by atoms with E-state index in [1.54, 1.807) is 12.1 Å². The Morgan fingerprint density at radius 2 is 2.19 bits per heavy atom. The number of nitriles is 1. The highest BCUT2D eigenvalue weighted by molar-refractivity contribution is 6.31. The van der Waals surface area contributed by atoms with Crippen LogP contribution in [0.3, 0.4) is 0 Å². The van der Waals surface area contributed by atoms with Gasteiger partial charge in [-0.05, 0) is 18.2 Å². The van der Waals surface area contributed by atoms with Crippen molar-refractivity contribution in [2.75, 3.05) is 0 Å². The molecule has 80 valence electrons. The van der Waals surface area contributed by atoms with E-state index < -0.39 is 5.82 Å². The van der Waals surface area contributed by atoms with Crippen molar-refractivity contribution in [1.82, 2.24) is 4.98 Å². The molecule has 2 nitrogen and oxygen atoms in total. The summed E-state index contributed by atoms with van der Waals surface area (Å²) >= 11 is 5.68. The van der Waals surface area contributed by atoms with E-state index in [0.717, 1.165) is 5.69 Å². The van der Waals surface area contributed by atoms with E-state index in [1.807, 2.05) is 0 Å². The molecule has 0 saturated carbocycles. The minimum Gasteiger partial charge on any atom is -0.253 e. The number of fused-ring (bicyclic) bond motifs is 1. The smallest absolute Gasteiger partial charge is 0.142 e. The Bertz CT molecular complexity index is 575. The average molecular weight is 235 g/mol. The molecule has 0 fully saturated rings. The molecule has 0 aliphatic heterocycles. The Hall–Kier alpha value is -1.66. The second-order valence-electron chi connectivity index (χ2n) is 3.42. The second kappa shape index (κ2) is 4.46. The van der Waals surface area contributed by atoms with Crippen molar-refractivity contribution in [3.05, 3.63) is 40.8 Å². The van der Waals surface area contributed by atoms with Gasteiger partial charge in [0.05, 0.1) is 16.6 Å². The summed E-state index contributed by atoms with van der Waals surface area (Å²) in [4.78, 5) is 4.31. The fourth-order valence-corrected chi connectivity index (χ4v) is 1.64. The van der Waals surface area contributed by atoms with Crippen LogP contribution in [0.15, 0.2) is 24.3 Å². The standard InChI is InChI=1S/C12H8ClFN2/c13-10-7-12-8(6-11(10)14)3-4-9(16-12)2-1-5-15/h3-4,6-7H,1-2H2. The topological polar surface area (TPSA) is 36.7 Å². The summed E-state index contributed by atoms with van der Waals surface area (Å²) in [5, 5.41) is 9.25. The van der Waals surface area contributed by atoms with E-state index in [4.69, 9.17) is 16.9 Å². The fourth-order valence-electron chi connectivity index (χ4n) is 1.48. The van der Waals surface area contributed by atoms with Gasteiger partial charge in [0.25, 0.3) is 0 Å². The van der Waals surface area contributed by atoms with E-state index in [1.165, 1.54) is 12.1 Å². The van der Waals surface area contributed by atoms with Crippen molar-refractivity contribution in [2.24, 2.45) is 0 Å². The zero-order valence-electron chi connectivity index (χ0n) is 8.37. The number of halogens is 2. The van der Waals surface area contributed by atoms with Crippen molar-refractivity contribution in [1.29, 1.82) is 5.26 Å². The molecule has 0 saturated heterocycles. The largest absolute Gasteiger partial charge is 0.253 e. The van der Waals surface area contributed by atoms with Gasteiger partial charge in [0.1, 0.15) is 5.82 Å². The van der Waals surface area contributed by atoms with Crippen molar-refractivity contribution < 1.29 is 4.39 Å². The van der Waals surface area contributed by atoms with Crippen molar-refractivity contribution in [2.45, 2.75) is 12.8 Å². The van der Waals surface area contributed by atoms with Crippen LogP contribution in [0.4, 0.5) is 4.39 Å². The molecule has 2 aromatic rings. The molecule has 0 amide bonds. The van der Waals surface area contributed by atoms with E-state index in [-0.39, 0.29) is 5.02 Å². The lowest BCUT2D eigenvalue weighted by Crippen LogP contribution is -1.91. The molecule has 0 aliphatic rings. The molecular weight excluding hydrogens is 227 g/mol. The van der Waals surface area contributed by atoms with Gasteiger partial charge in [-0.2, -0.15) is 5.26 Å². The highest BCUT2D eigenvalue weighted by atomic mass is 35.5.